The predicted molar refractivity (Wildman–Crippen MR) is 134 cm³/mol. The molecule has 0 unspecified atom stereocenters. The van der Waals surface area contributed by atoms with E-state index in [9.17, 15) is 0 Å². The minimum absolute atomic E-state index is 0. The van der Waals surface area contributed by atoms with Crippen molar-refractivity contribution < 1.29 is 0 Å². The van der Waals surface area contributed by atoms with Crippen LogP contribution >= 0.6 is 46.8 Å². The van der Waals surface area contributed by atoms with E-state index >= 15 is 0 Å². The van der Waals surface area contributed by atoms with Crippen LogP contribution in [-0.2, 0) is 18.3 Å². The summed E-state index contributed by atoms with van der Waals surface area (Å²) in [6.07, 6.45) is 1.81. The molecule has 29 heavy (non-hydrogen) atoms. The standard InChI is InChI=1S/C19H31N7S2.HI/c1-6-15-23-18(28-24-15)26-11-9-25(10-12-26)17(20-5)21-8-7-16-22-14(13-27-16)19(2,3)4;/h13H,6-12H2,1-5H3,(H,20,21);1H. The molecule has 0 atom stereocenters. The summed E-state index contributed by atoms with van der Waals surface area (Å²) in [6, 6.07) is 0. The summed E-state index contributed by atoms with van der Waals surface area (Å²) in [5.41, 5.74) is 1.29. The number of aliphatic imine (C=N–C) groups is 1. The molecule has 1 N–H and O–H groups in total. The molecular weight excluding hydrogens is 517 g/mol. The fourth-order valence-corrected chi connectivity index (χ4v) is 4.84. The molecule has 162 valence electrons. The monoisotopic (exact) mass is 549 g/mol. The molecule has 1 aliphatic rings. The van der Waals surface area contributed by atoms with Crippen molar-refractivity contribution in [1.29, 1.82) is 0 Å². The summed E-state index contributed by atoms with van der Waals surface area (Å²) in [5, 5.41) is 7.90. The highest BCUT2D eigenvalue weighted by Gasteiger charge is 2.22. The van der Waals surface area contributed by atoms with Crippen molar-refractivity contribution in [2.45, 2.75) is 46.0 Å². The topological polar surface area (TPSA) is 69.5 Å². The summed E-state index contributed by atoms with van der Waals surface area (Å²) < 4.78 is 4.40. The SMILES string of the molecule is CCc1nsc(N2CCN(C(=NC)NCCc3nc(C(C)(C)C)cs3)CC2)n1.I. The second-order valence-corrected chi connectivity index (χ2v) is 9.59. The van der Waals surface area contributed by atoms with Gasteiger partial charge in [0.05, 0.1) is 10.7 Å². The Morgan fingerprint density at radius 1 is 1.21 bits per heavy atom. The van der Waals surface area contributed by atoms with Gasteiger partial charge in [0.2, 0.25) is 5.13 Å². The number of rotatable bonds is 5. The van der Waals surface area contributed by atoms with E-state index in [1.807, 2.05) is 7.05 Å². The van der Waals surface area contributed by atoms with E-state index in [2.05, 4.69) is 62.5 Å². The zero-order valence-electron chi connectivity index (χ0n) is 17.9. The van der Waals surface area contributed by atoms with Crippen molar-refractivity contribution in [3.05, 3.63) is 21.9 Å². The average Bonchev–Trinajstić information content (AvgIpc) is 3.35. The first-order valence-electron chi connectivity index (χ1n) is 9.88. The van der Waals surface area contributed by atoms with Gasteiger partial charge in [0, 0.05) is 74.9 Å². The number of hydrogen-bond donors (Lipinski definition) is 1. The van der Waals surface area contributed by atoms with E-state index in [1.165, 1.54) is 22.2 Å². The molecule has 1 aliphatic heterocycles. The highest BCUT2D eigenvalue weighted by molar-refractivity contribution is 14.0. The van der Waals surface area contributed by atoms with Crippen LogP contribution in [0.2, 0.25) is 0 Å². The fraction of sp³-hybridized carbons (Fsp3) is 0.684. The van der Waals surface area contributed by atoms with Gasteiger partial charge in [0.1, 0.15) is 5.82 Å². The first kappa shape index (κ1) is 24.3. The first-order chi connectivity index (χ1) is 13.4. The Morgan fingerprint density at radius 3 is 2.48 bits per heavy atom. The molecule has 1 saturated heterocycles. The number of guanidine groups is 1. The molecule has 0 aromatic carbocycles. The quantitative estimate of drug-likeness (QED) is 0.350. The van der Waals surface area contributed by atoms with Gasteiger partial charge >= 0.3 is 0 Å². The summed E-state index contributed by atoms with van der Waals surface area (Å²) >= 11 is 3.26. The lowest BCUT2D eigenvalue weighted by Gasteiger charge is -2.36. The van der Waals surface area contributed by atoms with E-state index in [1.54, 1.807) is 11.3 Å². The van der Waals surface area contributed by atoms with Gasteiger partial charge in [-0.3, -0.25) is 4.99 Å². The lowest BCUT2D eigenvalue weighted by atomic mass is 9.93. The van der Waals surface area contributed by atoms with Gasteiger partial charge in [-0.25, -0.2) is 9.97 Å². The van der Waals surface area contributed by atoms with Crippen LogP contribution in [0, 0.1) is 0 Å². The molecule has 0 aliphatic carbocycles. The number of hydrogen-bond acceptors (Lipinski definition) is 7. The summed E-state index contributed by atoms with van der Waals surface area (Å²) in [5.74, 6) is 1.91. The number of aromatic nitrogens is 3. The molecule has 0 amide bonds. The fourth-order valence-electron chi connectivity index (χ4n) is 3.01. The van der Waals surface area contributed by atoms with Crippen LogP contribution in [-0.4, -0.2) is 65.0 Å². The molecule has 0 spiro atoms. The maximum Gasteiger partial charge on any atom is 0.205 e. The lowest BCUT2D eigenvalue weighted by Crippen LogP contribution is -2.52. The molecule has 3 rings (SSSR count). The molecule has 2 aromatic rings. The number of thiazole rings is 1. The molecule has 0 saturated carbocycles. The Labute approximate surface area is 199 Å². The minimum Gasteiger partial charge on any atom is -0.356 e. The Hall–Kier alpha value is -1.01. The molecule has 7 nitrogen and oxygen atoms in total. The van der Waals surface area contributed by atoms with Crippen LogP contribution in [0.4, 0.5) is 5.13 Å². The van der Waals surface area contributed by atoms with E-state index in [0.29, 0.717) is 0 Å². The van der Waals surface area contributed by atoms with Gasteiger partial charge < -0.3 is 15.1 Å². The van der Waals surface area contributed by atoms with Crippen molar-refractivity contribution in [3.8, 4) is 0 Å². The zero-order chi connectivity index (χ0) is 20.1. The highest BCUT2D eigenvalue weighted by Crippen LogP contribution is 2.24. The zero-order valence-corrected chi connectivity index (χ0v) is 21.9. The molecule has 3 heterocycles. The summed E-state index contributed by atoms with van der Waals surface area (Å²) in [6.45, 7) is 13.3. The second-order valence-electron chi connectivity index (χ2n) is 7.92. The summed E-state index contributed by atoms with van der Waals surface area (Å²) in [4.78, 5) is 18.5. The Kier molecular flexibility index (Phi) is 9.08. The summed E-state index contributed by atoms with van der Waals surface area (Å²) in [7, 11) is 1.86. The van der Waals surface area contributed by atoms with Crippen molar-refractivity contribution in [3.63, 3.8) is 0 Å². The highest BCUT2D eigenvalue weighted by atomic mass is 127. The third kappa shape index (κ3) is 6.48. The van der Waals surface area contributed by atoms with E-state index in [-0.39, 0.29) is 29.4 Å². The van der Waals surface area contributed by atoms with Gasteiger partial charge in [0.15, 0.2) is 5.96 Å². The number of nitrogens with one attached hydrogen (secondary N) is 1. The van der Waals surface area contributed by atoms with Crippen LogP contribution in [0.5, 0.6) is 0 Å². The number of halogens is 1. The van der Waals surface area contributed by atoms with Gasteiger partial charge in [-0.15, -0.1) is 35.3 Å². The maximum absolute atomic E-state index is 4.78. The van der Waals surface area contributed by atoms with Gasteiger partial charge in [-0.1, -0.05) is 27.7 Å². The van der Waals surface area contributed by atoms with Gasteiger partial charge in [-0.05, 0) is 0 Å². The van der Waals surface area contributed by atoms with Crippen LogP contribution in [0.3, 0.4) is 0 Å². The predicted octanol–water partition coefficient (Wildman–Crippen LogP) is 3.41. The first-order valence-corrected chi connectivity index (χ1v) is 11.5. The third-order valence-corrected chi connectivity index (χ3v) is 6.50. The molecule has 2 aromatic heterocycles. The van der Waals surface area contributed by atoms with Gasteiger partial charge in [0.25, 0.3) is 0 Å². The van der Waals surface area contributed by atoms with E-state index in [4.69, 9.17) is 4.98 Å². The minimum atomic E-state index is 0. The third-order valence-electron chi connectivity index (χ3n) is 4.78. The van der Waals surface area contributed by atoms with Crippen LogP contribution in [0.25, 0.3) is 0 Å². The molecule has 0 radical (unpaired) electrons. The molecule has 1 fully saturated rings. The number of anilines is 1. The number of aryl methyl sites for hydroxylation is 1. The molecule has 10 heteroatoms. The van der Waals surface area contributed by atoms with Crippen LogP contribution in [0.15, 0.2) is 10.4 Å². The average molecular weight is 550 g/mol. The van der Waals surface area contributed by atoms with Gasteiger partial charge in [-0.2, -0.15) is 4.37 Å². The Balaban J connectivity index is 0.00000300. The largest absolute Gasteiger partial charge is 0.356 e. The van der Waals surface area contributed by atoms with Crippen LogP contribution < -0.4 is 10.2 Å². The Bertz CT molecular complexity index is 789. The second kappa shape index (κ2) is 10.9. The number of nitrogens with zero attached hydrogens (tertiary/aromatic N) is 6. The normalized spacial score (nSPS) is 15.4. The Morgan fingerprint density at radius 2 is 1.93 bits per heavy atom. The smallest absolute Gasteiger partial charge is 0.205 e. The van der Waals surface area contributed by atoms with Crippen molar-refractivity contribution in [2.75, 3.05) is 44.7 Å². The molecular formula is C19H32IN7S2. The van der Waals surface area contributed by atoms with Crippen molar-refractivity contribution in [2.24, 2.45) is 4.99 Å². The molecule has 0 bridgehead atoms. The lowest BCUT2D eigenvalue weighted by molar-refractivity contribution is 0.372. The van der Waals surface area contributed by atoms with E-state index in [0.717, 1.165) is 62.5 Å². The maximum atomic E-state index is 4.78. The van der Waals surface area contributed by atoms with E-state index < -0.39 is 0 Å². The van der Waals surface area contributed by atoms with Crippen LogP contribution in [0.1, 0.15) is 44.2 Å². The van der Waals surface area contributed by atoms with Crippen molar-refractivity contribution in [1.82, 2.24) is 24.6 Å². The number of piperazine rings is 1. The van der Waals surface area contributed by atoms with Crippen molar-refractivity contribution >= 4 is 57.9 Å².